The Morgan fingerprint density at radius 2 is 2.18 bits per heavy atom. The number of nitrogens with two attached hydrogens (primary N) is 1. The molecule has 1 aromatic rings. The largest absolute Gasteiger partial charge is 0.476 e. The van der Waals surface area contributed by atoms with E-state index in [0.29, 0.717) is 0 Å². The third-order valence-electron chi connectivity index (χ3n) is 1.87. The Hall–Kier alpha value is -2.45. The van der Waals surface area contributed by atoms with Crippen LogP contribution < -0.4 is 5.73 Å². The number of amides is 2. The Labute approximate surface area is 95.8 Å². The molecule has 1 heterocycles. The second-order valence-electron chi connectivity index (χ2n) is 3.32. The van der Waals surface area contributed by atoms with Gasteiger partial charge in [0, 0.05) is 7.05 Å². The summed E-state index contributed by atoms with van der Waals surface area (Å²) < 4.78 is 1.07. The second kappa shape index (κ2) is 5.05. The van der Waals surface area contributed by atoms with Crippen molar-refractivity contribution < 1.29 is 19.5 Å². The van der Waals surface area contributed by atoms with Gasteiger partial charge in [-0.15, -0.1) is 5.10 Å². The van der Waals surface area contributed by atoms with Crippen molar-refractivity contribution >= 4 is 17.8 Å². The summed E-state index contributed by atoms with van der Waals surface area (Å²) in [7, 11) is 1.40. The van der Waals surface area contributed by atoms with Gasteiger partial charge in [0.05, 0.1) is 12.7 Å². The van der Waals surface area contributed by atoms with Crippen LogP contribution in [0.4, 0.5) is 0 Å². The molecule has 9 nitrogen and oxygen atoms in total. The van der Waals surface area contributed by atoms with Crippen molar-refractivity contribution in [1.29, 1.82) is 0 Å². The summed E-state index contributed by atoms with van der Waals surface area (Å²) in [6.45, 7) is -0.413. The van der Waals surface area contributed by atoms with Crippen LogP contribution in [0.1, 0.15) is 10.5 Å². The summed E-state index contributed by atoms with van der Waals surface area (Å²) in [4.78, 5) is 33.7. The van der Waals surface area contributed by atoms with Gasteiger partial charge >= 0.3 is 5.97 Å². The van der Waals surface area contributed by atoms with Gasteiger partial charge in [-0.25, -0.2) is 9.48 Å². The molecule has 0 spiro atoms. The summed E-state index contributed by atoms with van der Waals surface area (Å²) in [5, 5.41) is 15.4. The van der Waals surface area contributed by atoms with Gasteiger partial charge in [-0.3, -0.25) is 9.59 Å². The highest BCUT2D eigenvalue weighted by Crippen LogP contribution is 1.94. The molecule has 0 unspecified atom stereocenters. The number of nitrogens with zero attached hydrogens (tertiary/aromatic N) is 4. The van der Waals surface area contributed by atoms with E-state index in [0.717, 1.165) is 15.8 Å². The molecule has 92 valence electrons. The molecule has 17 heavy (non-hydrogen) atoms. The minimum atomic E-state index is -1.23. The van der Waals surface area contributed by atoms with Gasteiger partial charge in [0.1, 0.15) is 6.54 Å². The predicted octanol–water partition coefficient (Wildman–Crippen LogP) is -2.08. The van der Waals surface area contributed by atoms with Crippen LogP contribution in [-0.2, 0) is 16.1 Å². The fraction of sp³-hybridized carbons (Fsp3) is 0.375. The normalized spacial score (nSPS) is 9.94. The molecule has 9 heteroatoms. The standard InChI is InChI=1S/C8H11N5O4/c1-12(3-6(9)14)7(15)4-13-2-5(8(16)17)10-11-13/h2H,3-4H2,1H3,(H2,9,14)(H,16,17). The van der Waals surface area contributed by atoms with Crippen LogP contribution in [0.15, 0.2) is 6.20 Å². The Balaban J connectivity index is 2.61. The first kappa shape index (κ1) is 12.6. The van der Waals surface area contributed by atoms with Gasteiger partial charge in [0.15, 0.2) is 5.69 Å². The lowest BCUT2D eigenvalue weighted by Crippen LogP contribution is -2.37. The minimum absolute atomic E-state index is 0.204. The highest BCUT2D eigenvalue weighted by molar-refractivity contribution is 5.85. The molecule has 0 radical (unpaired) electrons. The van der Waals surface area contributed by atoms with E-state index in [4.69, 9.17) is 10.8 Å². The van der Waals surface area contributed by atoms with Crippen molar-refractivity contribution in [2.75, 3.05) is 13.6 Å². The third-order valence-corrected chi connectivity index (χ3v) is 1.87. The highest BCUT2D eigenvalue weighted by atomic mass is 16.4. The number of hydrogen-bond acceptors (Lipinski definition) is 5. The summed E-state index contributed by atoms with van der Waals surface area (Å²) >= 11 is 0. The van der Waals surface area contributed by atoms with Crippen LogP contribution in [0.3, 0.4) is 0 Å². The van der Waals surface area contributed by atoms with Crippen LogP contribution in [0.5, 0.6) is 0 Å². The quantitative estimate of drug-likeness (QED) is 0.608. The van der Waals surface area contributed by atoms with E-state index < -0.39 is 17.8 Å². The van der Waals surface area contributed by atoms with E-state index >= 15 is 0 Å². The van der Waals surface area contributed by atoms with E-state index in [-0.39, 0.29) is 18.8 Å². The zero-order valence-electron chi connectivity index (χ0n) is 9.03. The summed E-state index contributed by atoms with van der Waals surface area (Å²) in [6, 6.07) is 0. The maximum Gasteiger partial charge on any atom is 0.358 e. The Kier molecular flexibility index (Phi) is 3.75. The summed E-state index contributed by atoms with van der Waals surface area (Å²) in [5.74, 6) is -2.29. The lowest BCUT2D eigenvalue weighted by molar-refractivity contribution is -0.134. The van der Waals surface area contributed by atoms with Gasteiger partial charge in [-0.1, -0.05) is 5.21 Å². The lowest BCUT2D eigenvalue weighted by Gasteiger charge is -2.14. The van der Waals surface area contributed by atoms with Crippen LogP contribution in [-0.4, -0.2) is 56.4 Å². The first-order chi connectivity index (χ1) is 7.90. The smallest absolute Gasteiger partial charge is 0.358 e. The molecule has 2 amide bonds. The predicted molar refractivity (Wildman–Crippen MR) is 53.8 cm³/mol. The molecule has 0 bridgehead atoms. The number of aromatic carboxylic acids is 1. The number of rotatable bonds is 5. The molecule has 3 N–H and O–H groups in total. The average molecular weight is 241 g/mol. The van der Waals surface area contributed by atoms with Crippen molar-refractivity contribution in [2.24, 2.45) is 5.73 Å². The Bertz CT molecular complexity index is 455. The fourth-order valence-electron chi connectivity index (χ4n) is 1.05. The first-order valence-corrected chi connectivity index (χ1v) is 4.56. The number of aromatic nitrogens is 3. The first-order valence-electron chi connectivity index (χ1n) is 4.56. The molecule has 0 atom stereocenters. The van der Waals surface area contributed by atoms with Crippen LogP contribution in [0, 0.1) is 0 Å². The molecule has 0 fully saturated rings. The molecular formula is C8H11N5O4. The van der Waals surface area contributed by atoms with Crippen molar-refractivity contribution in [3.8, 4) is 0 Å². The van der Waals surface area contributed by atoms with Crippen molar-refractivity contribution in [1.82, 2.24) is 19.9 Å². The summed E-state index contributed by atoms with van der Waals surface area (Å²) in [6.07, 6.45) is 1.12. The van der Waals surface area contributed by atoms with Crippen molar-refractivity contribution in [3.05, 3.63) is 11.9 Å². The van der Waals surface area contributed by atoms with Crippen molar-refractivity contribution in [2.45, 2.75) is 6.54 Å². The molecule has 0 aliphatic heterocycles. The minimum Gasteiger partial charge on any atom is -0.476 e. The maximum absolute atomic E-state index is 11.5. The third kappa shape index (κ3) is 3.55. The van der Waals surface area contributed by atoms with E-state index in [1.54, 1.807) is 0 Å². The molecular weight excluding hydrogens is 230 g/mol. The molecule has 0 aliphatic carbocycles. The number of carbonyl (C=O) groups excluding carboxylic acids is 2. The number of carbonyl (C=O) groups is 3. The number of carboxylic acid groups (broad SMARTS) is 1. The van der Waals surface area contributed by atoms with E-state index in [1.807, 2.05) is 0 Å². The summed E-state index contributed by atoms with van der Waals surface area (Å²) in [5.41, 5.74) is 4.67. The van der Waals surface area contributed by atoms with E-state index in [2.05, 4.69) is 10.3 Å². The van der Waals surface area contributed by atoms with Crippen LogP contribution >= 0.6 is 0 Å². The monoisotopic (exact) mass is 241 g/mol. The zero-order chi connectivity index (χ0) is 13.0. The molecule has 1 rings (SSSR count). The van der Waals surface area contributed by atoms with E-state index in [1.165, 1.54) is 7.05 Å². The highest BCUT2D eigenvalue weighted by Gasteiger charge is 2.14. The fourth-order valence-corrected chi connectivity index (χ4v) is 1.05. The number of hydrogen-bond donors (Lipinski definition) is 2. The molecule has 0 saturated heterocycles. The van der Waals surface area contributed by atoms with Crippen LogP contribution in [0.25, 0.3) is 0 Å². The van der Waals surface area contributed by atoms with Crippen LogP contribution in [0.2, 0.25) is 0 Å². The lowest BCUT2D eigenvalue weighted by atomic mass is 10.4. The zero-order valence-corrected chi connectivity index (χ0v) is 9.03. The number of primary amides is 1. The van der Waals surface area contributed by atoms with Gasteiger partial charge in [0.2, 0.25) is 11.8 Å². The van der Waals surface area contributed by atoms with E-state index in [9.17, 15) is 14.4 Å². The Morgan fingerprint density at radius 1 is 1.53 bits per heavy atom. The average Bonchev–Trinajstić information content (AvgIpc) is 2.65. The van der Waals surface area contributed by atoms with Crippen molar-refractivity contribution in [3.63, 3.8) is 0 Å². The molecule has 0 saturated carbocycles. The van der Waals surface area contributed by atoms with Gasteiger partial charge in [0.25, 0.3) is 0 Å². The number of carboxylic acids is 1. The Morgan fingerprint density at radius 3 is 2.65 bits per heavy atom. The SMILES string of the molecule is CN(CC(N)=O)C(=O)Cn1cc(C(=O)O)nn1. The maximum atomic E-state index is 11.5. The number of likely N-dealkylation sites (N-methyl/N-ethyl adjacent to an activating group) is 1. The van der Waals surface area contributed by atoms with Gasteiger partial charge < -0.3 is 15.7 Å². The molecule has 0 aliphatic rings. The topological polar surface area (TPSA) is 131 Å². The molecule has 0 aromatic carbocycles. The van der Waals surface area contributed by atoms with Gasteiger partial charge in [-0.05, 0) is 0 Å². The second-order valence-corrected chi connectivity index (χ2v) is 3.32. The molecule has 1 aromatic heterocycles. The van der Waals surface area contributed by atoms with Gasteiger partial charge in [-0.2, -0.15) is 0 Å².